The molecule has 4 heteroatoms. The zero-order valence-electron chi connectivity index (χ0n) is 8.98. The molecule has 16 heavy (non-hydrogen) atoms. The Balaban J connectivity index is 2.17. The lowest BCUT2D eigenvalue weighted by Crippen LogP contribution is -2.12. The minimum Gasteiger partial charge on any atom is -0.488 e. The first-order valence-corrected chi connectivity index (χ1v) is 5.46. The van der Waals surface area contributed by atoms with Crippen molar-refractivity contribution in [3.8, 4) is 5.75 Å². The maximum absolute atomic E-state index is 10.8. The molecule has 0 atom stereocenters. The Kier molecular flexibility index (Phi) is 2.99. The highest BCUT2D eigenvalue weighted by molar-refractivity contribution is 5.89. The topological polar surface area (TPSA) is 72.6 Å². The van der Waals surface area contributed by atoms with Crippen LogP contribution in [0.3, 0.4) is 0 Å². The van der Waals surface area contributed by atoms with E-state index in [9.17, 15) is 4.79 Å². The molecule has 0 unspecified atom stereocenters. The van der Waals surface area contributed by atoms with Gasteiger partial charge in [-0.2, -0.15) is 0 Å². The van der Waals surface area contributed by atoms with Crippen LogP contribution in [0.25, 0.3) is 0 Å². The first-order valence-electron chi connectivity index (χ1n) is 5.46. The Morgan fingerprint density at radius 2 is 2.06 bits per heavy atom. The van der Waals surface area contributed by atoms with Gasteiger partial charge >= 0.3 is 5.97 Å². The van der Waals surface area contributed by atoms with Crippen molar-refractivity contribution in [2.24, 2.45) is 0 Å². The second-order valence-corrected chi connectivity index (χ2v) is 4.08. The predicted octanol–water partition coefficient (Wildman–Crippen LogP) is 2.29. The lowest BCUT2D eigenvalue weighted by molar-refractivity contribution is 0.0696. The van der Waals surface area contributed by atoms with Crippen LogP contribution in [0.1, 0.15) is 36.0 Å². The van der Waals surface area contributed by atoms with Crippen LogP contribution in [0.15, 0.2) is 18.2 Å². The highest BCUT2D eigenvalue weighted by Gasteiger charge is 2.18. The van der Waals surface area contributed by atoms with Gasteiger partial charge in [0.1, 0.15) is 5.75 Å². The largest absolute Gasteiger partial charge is 0.488 e. The van der Waals surface area contributed by atoms with Crippen LogP contribution in [-0.4, -0.2) is 17.2 Å². The van der Waals surface area contributed by atoms with Gasteiger partial charge in [0.2, 0.25) is 0 Å². The van der Waals surface area contributed by atoms with Crippen molar-refractivity contribution in [1.29, 1.82) is 0 Å². The normalized spacial score (nSPS) is 16.2. The maximum Gasteiger partial charge on any atom is 0.335 e. The second-order valence-electron chi connectivity index (χ2n) is 4.08. The highest BCUT2D eigenvalue weighted by atomic mass is 16.5. The van der Waals surface area contributed by atoms with E-state index in [0.717, 1.165) is 12.8 Å². The summed E-state index contributed by atoms with van der Waals surface area (Å²) in [6.45, 7) is 0. The molecule has 0 spiro atoms. The van der Waals surface area contributed by atoms with Crippen molar-refractivity contribution in [2.45, 2.75) is 31.8 Å². The zero-order chi connectivity index (χ0) is 11.5. The molecule has 1 fully saturated rings. The third-order valence-electron chi connectivity index (χ3n) is 2.86. The Hall–Kier alpha value is -1.71. The number of carboxylic acids is 1. The summed E-state index contributed by atoms with van der Waals surface area (Å²) in [5, 5.41) is 8.86. The van der Waals surface area contributed by atoms with Crippen molar-refractivity contribution < 1.29 is 14.6 Å². The van der Waals surface area contributed by atoms with E-state index in [2.05, 4.69) is 0 Å². The molecule has 4 nitrogen and oxygen atoms in total. The van der Waals surface area contributed by atoms with Crippen molar-refractivity contribution >= 4 is 11.7 Å². The minimum absolute atomic E-state index is 0.186. The molecule has 0 amide bonds. The quantitative estimate of drug-likeness (QED) is 0.768. The average molecular weight is 221 g/mol. The number of nitrogens with two attached hydrogens (primary N) is 1. The molecule has 0 bridgehead atoms. The summed E-state index contributed by atoms with van der Waals surface area (Å²) in [5.41, 5.74) is 6.46. The predicted molar refractivity (Wildman–Crippen MR) is 60.7 cm³/mol. The minimum atomic E-state index is -0.962. The number of hydrogen-bond donors (Lipinski definition) is 2. The number of aromatic carboxylic acids is 1. The lowest BCUT2D eigenvalue weighted by Gasteiger charge is -2.15. The van der Waals surface area contributed by atoms with Crippen LogP contribution in [-0.2, 0) is 0 Å². The summed E-state index contributed by atoms with van der Waals surface area (Å²) in [6, 6.07) is 4.56. The van der Waals surface area contributed by atoms with Crippen molar-refractivity contribution in [2.75, 3.05) is 5.73 Å². The molecule has 1 aliphatic rings. The molecule has 1 aliphatic carbocycles. The number of hydrogen-bond acceptors (Lipinski definition) is 3. The molecule has 2 rings (SSSR count). The first-order chi connectivity index (χ1) is 7.66. The van der Waals surface area contributed by atoms with E-state index in [4.69, 9.17) is 15.6 Å². The van der Waals surface area contributed by atoms with Gasteiger partial charge in [-0.1, -0.05) is 0 Å². The Bertz CT molecular complexity index is 397. The van der Waals surface area contributed by atoms with Gasteiger partial charge in [0.05, 0.1) is 17.4 Å². The summed E-state index contributed by atoms with van der Waals surface area (Å²) in [7, 11) is 0. The maximum atomic E-state index is 10.8. The Labute approximate surface area is 94.0 Å². The summed E-state index contributed by atoms with van der Waals surface area (Å²) < 4.78 is 5.71. The van der Waals surface area contributed by atoms with Gasteiger partial charge in [-0.3, -0.25) is 0 Å². The van der Waals surface area contributed by atoms with Gasteiger partial charge in [-0.05, 0) is 43.9 Å². The summed E-state index contributed by atoms with van der Waals surface area (Å²) >= 11 is 0. The fraction of sp³-hybridized carbons (Fsp3) is 0.417. The third-order valence-corrected chi connectivity index (χ3v) is 2.86. The van der Waals surface area contributed by atoms with Gasteiger partial charge in [-0.25, -0.2) is 4.79 Å². The van der Waals surface area contributed by atoms with Crippen LogP contribution in [0, 0.1) is 0 Å². The molecule has 0 saturated heterocycles. The monoisotopic (exact) mass is 221 g/mol. The van der Waals surface area contributed by atoms with E-state index in [1.807, 2.05) is 0 Å². The van der Waals surface area contributed by atoms with Gasteiger partial charge in [0.25, 0.3) is 0 Å². The smallest absolute Gasteiger partial charge is 0.335 e. The fourth-order valence-corrected chi connectivity index (χ4v) is 1.96. The van der Waals surface area contributed by atoms with Gasteiger partial charge in [-0.15, -0.1) is 0 Å². The number of benzene rings is 1. The van der Waals surface area contributed by atoms with Gasteiger partial charge in [0, 0.05) is 0 Å². The van der Waals surface area contributed by atoms with Crippen LogP contribution < -0.4 is 10.5 Å². The van der Waals surface area contributed by atoms with Crippen LogP contribution in [0.4, 0.5) is 5.69 Å². The number of rotatable bonds is 3. The summed E-state index contributed by atoms with van der Waals surface area (Å²) in [5.74, 6) is -0.469. The van der Waals surface area contributed by atoms with Gasteiger partial charge < -0.3 is 15.6 Å². The van der Waals surface area contributed by atoms with Crippen molar-refractivity contribution in [3.05, 3.63) is 23.8 Å². The molecule has 3 N–H and O–H groups in total. The first kappa shape index (κ1) is 10.8. The van der Waals surface area contributed by atoms with E-state index in [-0.39, 0.29) is 11.7 Å². The molecular formula is C12H15NO3. The summed E-state index contributed by atoms with van der Waals surface area (Å²) in [4.78, 5) is 10.8. The number of carboxylic acid groups (broad SMARTS) is 1. The molecule has 0 aromatic heterocycles. The second kappa shape index (κ2) is 4.43. The lowest BCUT2D eigenvalue weighted by atomic mass is 10.2. The van der Waals surface area contributed by atoms with Crippen LogP contribution in [0.2, 0.25) is 0 Å². The molecule has 1 aromatic carbocycles. The number of ether oxygens (including phenoxy) is 1. The summed E-state index contributed by atoms with van der Waals surface area (Å²) in [6.07, 6.45) is 4.58. The fourth-order valence-electron chi connectivity index (χ4n) is 1.96. The number of nitrogen functional groups attached to an aromatic ring is 1. The SMILES string of the molecule is Nc1ccc(C(=O)O)cc1OC1CCCC1. The number of carbonyl (C=O) groups is 1. The molecular weight excluding hydrogens is 206 g/mol. The highest BCUT2D eigenvalue weighted by Crippen LogP contribution is 2.28. The van der Waals surface area contributed by atoms with E-state index in [1.165, 1.54) is 25.0 Å². The van der Waals surface area contributed by atoms with Crippen molar-refractivity contribution in [1.82, 2.24) is 0 Å². The van der Waals surface area contributed by atoms with Crippen LogP contribution in [0.5, 0.6) is 5.75 Å². The van der Waals surface area contributed by atoms with E-state index in [0.29, 0.717) is 11.4 Å². The van der Waals surface area contributed by atoms with Crippen molar-refractivity contribution in [3.63, 3.8) is 0 Å². The third kappa shape index (κ3) is 2.27. The zero-order valence-corrected chi connectivity index (χ0v) is 8.98. The molecule has 1 aromatic rings. The Morgan fingerprint density at radius 3 is 2.69 bits per heavy atom. The van der Waals surface area contributed by atoms with E-state index < -0.39 is 5.97 Å². The standard InChI is InChI=1S/C12H15NO3/c13-10-6-5-8(12(14)15)7-11(10)16-9-3-1-2-4-9/h5-7,9H,1-4,13H2,(H,14,15). The van der Waals surface area contributed by atoms with E-state index >= 15 is 0 Å². The van der Waals surface area contributed by atoms with E-state index in [1.54, 1.807) is 6.07 Å². The molecule has 1 saturated carbocycles. The molecule has 0 radical (unpaired) electrons. The van der Waals surface area contributed by atoms with Gasteiger partial charge in [0.15, 0.2) is 0 Å². The molecule has 86 valence electrons. The molecule has 0 heterocycles. The van der Waals surface area contributed by atoms with Crippen LogP contribution >= 0.6 is 0 Å². The average Bonchev–Trinajstić information content (AvgIpc) is 2.73. The molecule has 0 aliphatic heterocycles. The number of anilines is 1. The Morgan fingerprint density at radius 1 is 1.38 bits per heavy atom.